The summed E-state index contributed by atoms with van der Waals surface area (Å²) in [4.78, 5) is 22.6. The summed E-state index contributed by atoms with van der Waals surface area (Å²) in [5, 5.41) is 25.2. The van der Waals surface area contributed by atoms with Crippen LogP contribution in [0.1, 0.15) is 20.7 Å². The van der Waals surface area contributed by atoms with Crippen molar-refractivity contribution in [3.05, 3.63) is 64.4 Å². The summed E-state index contributed by atoms with van der Waals surface area (Å²) >= 11 is 5.22. The summed E-state index contributed by atoms with van der Waals surface area (Å²) in [6, 6.07) is 12.9. The Bertz CT molecular complexity index is 960. The van der Waals surface area contributed by atoms with Crippen molar-refractivity contribution >= 4 is 24.2 Å². The molecular formula is C16H11N3O4S. The van der Waals surface area contributed by atoms with Gasteiger partial charge in [-0.2, -0.15) is 5.10 Å². The van der Waals surface area contributed by atoms with Gasteiger partial charge in [0.15, 0.2) is 10.6 Å². The molecule has 2 aromatic carbocycles. The van der Waals surface area contributed by atoms with E-state index in [1.54, 1.807) is 0 Å². The summed E-state index contributed by atoms with van der Waals surface area (Å²) < 4.78 is 1.73. The van der Waals surface area contributed by atoms with Crippen LogP contribution in [0.25, 0.3) is 17.1 Å². The minimum atomic E-state index is -1.23. The van der Waals surface area contributed by atoms with E-state index in [-0.39, 0.29) is 15.9 Å². The molecule has 0 unspecified atom stereocenters. The molecule has 0 bridgehead atoms. The van der Waals surface area contributed by atoms with Crippen LogP contribution in [0.15, 0.2) is 48.5 Å². The fourth-order valence-corrected chi connectivity index (χ4v) is 2.54. The van der Waals surface area contributed by atoms with Gasteiger partial charge in [0.2, 0.25) is 0 Å². The molecule has 7 nitrogen and oxygen atoms in total. The molecule has 1 heterocycles. The lowest BCUT2D eigenvalue weighted by Gasteiger charge is -2.09. The fourth-order valence-electron chi connectivity index (χ4n) is 2.30. The molecule has 120 valence electrons. The van der Waals surface area contributed by atoms with Gasteiger partial charge in [-0.25, -0.2) is 9.59 Å². The second-order valence-corrected chi connectivity index (χ2v) is 5.32. The van der Waals surface area contributed by atoms with E-state index in [1.807, 2.05) is 30.3 Å². The number of rotatable bonds is 4. The third kappa shape index (κ3) is 2.82. The maximum atomic E-state index is 11.3. The standard InChI is InChI=1S/C16H11N3O4S/c20-14(21)10-6-11(15(22)23)8-12(7-10)19-13(17-18-16(19)24)9-4-2-1-3-5-9/h1-8H,(H,18,24)(H,20,21)(H,22,23). The number of aromatic amines is 1. The summed E-state index contributed by atoms with van der Waals surface area (Å²) in [5.74, 6) is -1.99. The maximum absolute atomic E-state index is 11.3. The van der Waals surface area contributed by atoms with E-state index in [0.717, 1.165) is 11.6 Å². The molecule has 0 radical (unpaired) electrons. The van der Waals surface area contributed by atoms with E-state index < -0.39 is 11.9 Å². The van der Waals surface area contributed by atoms with Gasteiger partial charge in [0.1, 0.15) is 0 Å². The number of H-pyrrole nitrogens is 1. The van der Waals surface area contributed by atoms with E-state index in [0.29, 0.717) is 11.5 Å². The van der Waals surface area contributed by atoms with Gasteiger partial charge in [0, 0.05) is 5.56 Å². The zero-order valence-corrected chi connectivity index (χ0v) is 12.9. The number of carboxylic acid groups (broad SMARTS) is 2. The number of nitrogens with zero attached hydrogens (tertiary/aromatic N) is 2. The number of carbonyl (C=O) groups is 2. The lowest BCUT2D eigenvalue weighted by molar-refractivity contribution is 0.0696. The van der Waals surface area contributed by atoms with Crippen molar-refractivity contribution in [2.24, 2.45) is 0 Å². The Labute approximate surface area is 140 Å². The SMILES string of the molecule is O=C(O)c1cc(C(=O)O)cc(-n2c(-c3ccccc3)n[nH]c2=S)c1. The van der Waals surface area contributed by atoms with E-state index >= 15 is 0 Å². The molecule has 1 aromatic heterocycles. The Kier molecular flexibility index (Phi) is 3.97. The Morgan fingerprint density at radius 3 is 2.12 bits per heavy atom. The summed E-state index contributed by atoms with van der Waals surface area (Å²) in [6.45, 7) is 0. The van der Waals surface area contributed by atoms with Gasteiger partial charge in [0.25, 0.3) is 0 Å². The molecule has 3 rings (SSSR count). The minimum Gasteiger partial charge on any atom is -0.478 e. The van der Waals surface area contributed by atoms with Gasteiger partial charge in [0.05, 0.1) is 16.8 Å². The maximum Gasteiger partial charge on any atom is 0.335 e. The van der Waals surface area contributed by atoms with E-state index in [2.05, 4.69) is 10.2 Å². The molecule has 0 aliphatic heterocycles. The van der Waals surface area contributed by atoms with Crippen LogP contribution in [0.4, 0.5) is 0 Å². The molecule has 0 spiro atoms. The highest BCUT2D eigenvalue weighted by Gasteiger charge is 2.16. The highest BCUT2D eigenvalue weighted by Crippen LogP contribution is 2.23. The molecule has 0 aliphatic rings. The van der Waals surface area contributed by atoms with Crippen LogP contribution in [-0.2, 0) is 0 Å². The monoisotopic (exact) mass is 341 g/mol. The van der Waals surface area contributed by atoms with Gasteiger partial charge < -0.3 is 10.2 Å². The van der Waals surface area contributed by atoms with E-state index in [4.69, 9.17) is 12.2 Å². The number of hydrogen-bond acceptors (Lipinski definition) is 4. The summed E-state index contributed by atoms with van der Waals surface area (Å²) in [5.41, 5.74) is 0.770. The third-order valence-corrected chi connectivity index (χ3v) is 3.65. The average Bonchev–Trinajstić information content (AvgIpc) is 2.96. The van der Waals surface area contributed by atoms with E-state index in [9.17, 15) is 19.8 Å². The molecule has 0 fully saturated rings. The van der Waals surface area contributed by atoms with Crippen molar-refractivity contribution in [1.29, 1.82) is 0 Å². The van der Waals surface area contributed by atoms with Gasteiger partial charge >= 0.3 is 11.9 Å². The van der Waals surface area contributed by atoms with E-state index in [1.165, 1.54) is 16.7 Å². The predicted octanol–water partition coefficient (Wildman–Crippen LogP) is 2.99. The second kappa shape index (κ2) is 6.09. The van der Waals surface area contributed by atoms with Gasteiger partial charge in [-0.3, -0.25) is 9.67 Å². The van der Waals surface area contributed by atoms with Crippen molar-refractivity contribution in [2.75, 3.05) is 0 Å². The van der Waals surface area contributed by atoms with Gasteiger partial charge in [-0.1, -0.05) is 30.3 Å². The Morgan fingerprint density at radius 1 is 1.00 bits per heavy atom. The zero-order chi connectivity index (χ0) is 17.3. The number of aromatic carboxylic acids is 2. The fraction of sp³-hybridized carbons (Fsp3) is 0. The topological polar surface area (TPSA) is 108 Å². The summed E-state index contributed by atoms with van der Waals surface area (Å²) in [6.07, 6.45) is 0. The zero-order valence-electron chi connectivity index (χ0n) is 12.1. The normalized spacial score (nSPS) is 10.5. The smallest absolute Gasteiger partial charge is 0.335 e. The molecule has 8 heteroatoms. The molecule has 0 aliphatic carbocycles. The number of carboxylic acids is 2. The molecular weight excluding hydrogens is 330 g/mol. The molecule has 3 N–H and O–H groups in total. The van der Waals surface area contributed by atoms with Crippen LogP contribution in [0, 0.1) is 4.77 Å². The predicted molar refractivity (Wildman–Crippen MR) is 88.1 cm³/mol. The first kappa shape index (κ1) is 15.6. The van der Waals surface area contributed by atoms with Crippen LogP contribution >= 0.6 is 12.2 Å². The number of benzene rings is 2. The molecule has 0 amide bonds. The van der Waals surface area contributed by atoms with Crippen LogP contribution in [0.3, 0.4) is 0 Å². The quantitative estimate of drug-likeness (QED) is 0.630. The number of hydrogen-bond donors (Lipinski definition) is 3. The van der Waals surface area contributed by atoms with Crippen molar-refractivity contribution in [3.8, 4) is 17.1 Å². The molecule has 24 heavy (non-hydrogen) atoms. The highest BCUT2D eigenvalue weighted by atomic mass is 32.1. The Balaban J connectivity index is 2.27. The first-order valence-electron chi connectivity index (χ1n) is 6.82. The Morgan fingerprint density at radius 2 is 1.58 bits per heavy atom. The first-order chi connectivity index (χ1) is 11.5. The van der Waals surface area contributed by atoms with Gasteiger partial charge in [-0.15, -0.1) is 0 Å². The molecule has 0 saturated carbocycles. The lowest BCUT2D eigenvalue weighted by atomic mass is 10.1. The lowest BCUT2D eigenvalue weighted by Crippen LogP contribution is -2.06. The largest absolute Gasteiger partial charge is 0.478 e. The van der Waals surface area contributed by atoms with Crippen LogP contribution in [0.2, 0.25) is 0 Å². The van der Waals surface area contributed by atoms with Crippen molar-refractivity contribution in [2.45, 2.75) is 0 Å². The molecule has 0 saturated heterocycles. The van der Waals surface area contributed by atoms with Crippen LogP contribution in [0.5, 0.6) is 0 Å². The Hall–Kier alpha value is -3.26. The molecule has 3 aromatic rings. The highest BCUT2D eigenvalue weighted by molar-refractivity contribution is 7.71. The number of nitrogens with one attached hydrogen (secondary N) is 1. The molecule has 0 atom stereocenters. The third-order valence-electron chi connectivity index (χ3n) is 3.37. The van der Waals surface area contributed by atoms with Crippen molar-refractivity contribution in [3.63, 3.8) is 0 Å². The minimum absolute atomic E-state index is 0.146. The van der Waals surface area contributed by atoms with Crippen molar-refractivity contribution < 1.29 is 19.8 Å². The summed E-state index contributed by atoms with van der Waals surface area (Å²) in [7, 11) is 0. The van der Waals surface area contributed by atoms with Crippen LogP contribution in [-0.4, -0.2) is 36.9 Å². The van der Waals surface area contributed by atoms with Crippen molar-refractivity contribution in [1.82, 2.24) is 14.8 Å². The first-order valence-corrected chi connectivity index (χ1v) is 7.23. The van der Waals surface area contributed by atoms with Crippen LogP contribution < -0.4 is 0 Å². The number of aromatic nitrogens is 3. The second-order valence-electron chi connectivity index (χ2n) is 4.93. The van der Waals surface area contributed by atoms with Gasteiger partial charge in [-0.05, 0) is 30.4 Å². The average molecular weight is 341 g/mol.